The van der Waals surface area contributed by atoms with Crippen LogP contribution in [0.1, 0.15) is 25.0 Å². The van der Waals surface area contributed by atoms with Gasteiger partial charge in [0.1, 0.15) is 6.07 Å². The van der Waals surface area contributed by atoms with Crippen LogP contribution in [0, 0.1) is 18.3 Å². The SMILES string of the molecule is Cc1cccc(NC(=O)C(C)(C)N)c1C#N. The minimum atomic E-state index is -0.962. The number of nitrogens with zero attached hydrogens (tertiary/aromatic N) is 1. The molecule has 1 amide bonds. The number of nitrogens with one attached hydrogen (secondary N) is 1. The van der Waals surface area contributed by atoms with Crippen LogP contribution >= 0.6 is 0 Å². The monoisotopic (exact) mass is 217 g/mol. The van der Waals surface area contributed by atoms with Crippen LogP contribution in [0.25, 0.3) is 0 Å². The summed E-state index contributed by atoms with van der Waals surface area (Å²) < 4.78 is 0. The van der Waals surface area contributed by atoms with Crippen LogP contribution < -0.4 is 11.1 Å². The highest BCUT2D eigenvalue weighted by molar-refractivity contribution is 5.98. The summed E-state index contributed by atoms with van der Waals surface area (Å²) in [5.74, 6) is -0.311. The third kappa shape index (κ3) is 2.59. The van der Waals surface area contributed by atoms with Gasteiger partial charge in [-0.1, -0.05) is 12.1 Å². The van der Waals surface area contributed by atoms with Gasteiger partial charge in [0.2, 0.25) is 5.91 Å². The summed E-state index contributed by atoms with van der Waals surface area (Å²) in [5, 5.41) is 11.6. The highest BCUT2D eigenvalue weighted by atomic mass is 16.2. The van der Waals surface area contributed by atoms with Crippen LogP contribution in [0.2, 0.25) is 0 Å². The number of amides is 1. The first-order valence-electron chi connectivity index (χ1n) is 4.96. The molecule has 0 saturated heterocycles. The number of benzene rings is 1. The molecule has 16 heavy (non-hydrogen) atoms. The summed E-state index contributed by atoms with van der Waals surface area (Å²) in [7, 11) is 0. The van der Waals surface area contributed by atoms with Crippen molar-refractivity contribution in [3.05, 3.63) is 29.3 Å². The molecule has 0 bridgehead atoms. The van der Waals surface area contributed by atoms with Crippen molar-refractivity contribution in [2.45, 2.75) is 26.3 Å². The molecule has 0 aromatic heterocycles. The molecule has 0 aliphatic rings. The molecule has 0 aliphatic carbocycles. The van der Waals surface area contributed by atoms with E-state index in [0.29, 0.717) is 11.3 Å². The quantitative estimate of drug-likeness (QED) is 0.788. The van der Waals surface area contributed by atoms with Crippen LogP contribution in [-0.4, -0.2) is 11.4 Å². The predicted octanol–water partition coefficient (Wildman–Crippen LogP) is 1.54. The fraction of sp³-hybridized carbons (Fsp3) is 0.333. The van der Waals surface area contributed by atoms with Gasteiger partial charge in [0, 0.05) is 0 Å². The minimum Gasteiger partial charge on any atom is -0.323 e. The van der Waals surface area contributed by atoms with Gasteiger partial charge < -0.3 is 11.1 Å². The molecular weight excluding hydrogens is 202 g/mol. The van der Waals surface area contributed by atoms with Crippen molar-refractivity contribution in [1.82, 2.24) is 0 Å². The molecule has 0 aliphatic heterocycles. The van der Waals surface area contributed by atoms with Crippen molar-refractivity contribution in [3.8, 4) is 6.07 Å². The Morgan fingerprint density at radius 3 is 2.62 bits per heavy atom. The van der Waals surface area contributed by atoms with Gasteiger partial charge in [-0.05, 0) is 32.4 Å². The lowest BCUT2D eigenvalue weighted by Gasteiger charge is -2.18. The zero-order valence-corrected chi connectivity index (χ0v) is 9.66. The largest absolute Gasteiger partial charge is 0.323 e. The fourth-order valence-corrected chi connectivity index (χ4v) is 1.20. The van der Waals surface area contributed by atoms with Crippen molar-refractivity contribution in [3.63, 3.8) is 0 Å². The highest BCUT2D eigenvalue weighted by Gasteiger charge is 2.22. The van der Waals surface area contributed by atoms with E-state index in [1.54, 1.807) is 26.0 Å². The number of carbonyl (C=O) groups excluding carboxylic acids is 1. The number of rotatable bonds is 2. The third-order valence-electron chi connectivity index (χ3n) is 2.22. The van der Waals surface area contributed by atoms with Crippen molar-refractivity contribution < 1.29 is 4.79 Å². The van der Waals surface area contributed by atoms with Gasteiger partial charge in [-0.15, -0.1) is 0 Å². The molecule has 0 heterocycles. The standard InChI is InChI=1S/C12H15N3O/c1-8-5-4-6-10(9(8)7-13)15-11(16)12(2,3)14/h4-6H,14H2,1-3H3,(H,15,16). The average molecular weight is 217 g/mol. The molecular formula is C12H15N3O. The summed E-state index contributed by atoms with van der Waals surface area (Å²) in [6.45, 7) is 5.05. The van der Waals surface area contributed by atoms with Crippen molar-refractivity contribution >= 4 is 11.6 Å². The first-order chi connectivity index (χ1) is 7.36. The normalized spacial score (nSPS) is 10.7. The molecule has 0 radical (unpaired) electrons. The van der Waals surface area contributed by atoms with Crippen molar-refractivity contribution in [2.24, 2.45) is 5.73 Å². The van der Waals surface area contributed by atoms with Crippen LogP contribution in [0.3, 0.4) is 0 Å². The topological polar surface area (TPSA) is 78.9 Å². The van der Waals surface area contributed by atoms with Gasteiger partial charge >= 0.3 is 0 Å². The molecule has 0 unspecified atom stereocenters. The summed E-state index contributed by atoms with van der Waals surface area (Å²) in [6, 6.07) is 7.36. The molecule has 4 heteroatoms. The number of hydrogen-bond acceptors (Lipinski definition) is 3. The second kappa shape index (κ2) is 4.33. The second-order valence-corrected chi connectivity index (χ2v) is 4.29. The van der Waals surface area contributed by atoms with E-state index in [-0.39, 0.29) is 5.91 Å². The maximum absolute atomic E-state index is 11.7. The van der Waals surface area contributed by atoms with Gasteiger partial charge in [0.25, 0.3) is 0 Å². The smallest absolute Gasteiger partial charge is 0.243 e. The minimum absolute atomic E-state index is 0.311. The Morgan fingerprint density at radius 2 is 2.12 bits per heavy atom. The second-order valence-electron chi connectivity index (χ2n) is 4.29. The molecule has 0 spiro atoms. The summed E-state index contributed by atoms with van der Waals surface area (Å²) >= 11 is 0. The van der Waals surface area contributed by atoms with Crippen LogP contribution in [-0.2, 0) is 4.79 Å². The molecule has 1 aromatic carbocycles. The van der Waals surface area contributed by atoms with Crippen molar-refractivity contribution in [1.29, 1.82) is 5.26 Å². The summed E-state index contributed by atoms with van der Waals surface area (Å²) in [4.78, 5) is 11.7. The van der Waals surface area contributed by atoms with E-state index >= 15 is 0 Å². The lowest BCUT2D eigenvalue weighted by Crippen LogP contribution is -2.45. The number of anilines is 1. The van der Waals surface area contributed by atoms with Crippen LogP contribution in [0.15, 0.2) is 18.2 Å². The lowest BCUT2D eigenvalue weighted by molar-refractivity contribution is -0.120. The fourth-order valence-electron chi connectivity index (χ4n) is 1.20. The van der Waals surface area contributed by atoms with Crippen LogP contribution in [0.5, 0.6) is 0 Å². The average Bonchev–Trinajstić information content (AvgIpc) is 2.16. The number of nitrogens with two attached hydrogens (primary N) is 1. The molecule has 0 fully saturated rings. The Hall–Kier alpha value is -1.86. The number of nitriles is 1. The van der Waals surface area contributed by atoms with E-state index in [1.807, 2.05) is 13.0 Å². The van der Waals surface area contributed by atoms with E-state index in [1.165, 1.54) is 0 Å². The van der Waals surface area contributed by atoms with E-state index in [4.69, 9.17) is 11.0 Å². The Bertz CT molecular complexity index is 452. The zero-order chi connectivity index (χ0) is 12.3. The van der Waals surface area contributed by atoms with Gasteiger partial charge in [0.15, 0.2) is 0 Å². The maximum Gasteiger partial charge on any atom is 0.243 e. The van der Waals surface area contributed by atoms with Gasteiger partial charge in [-0.2, -0.15) is 5.26 Å². The third-order valence-corrected chi connectivity index (χ3v) is 2.22. The molecule has 3 N–H and O–H groups in total. The molecule has 4 nitrogen and oxygen atoms in total. The van der Waals surface area contributed by atoms with Gasteiger partial charge in [-0.25, -0.2) is 0 Å². The number of carbonyl (C=O) groups is 1. The van der Waals surface area contributed by atoms with E-state index in [2.05, 4.69) is 11.4 Å². The van der Waals surface area contributed by atoms with Crippen LogP contribution in [0.4, 0.5) is 5.69 Å². The summed E-state index contributed by atoms with van der Waals surface area (Å²) in [6.07, 6.45) is 0. The summed E-state index contributed by atoms with van der Waals surface area (Å²) in [5.41, 5.74) is 6.51. The first kappa shape index (κ1) is 12.2. The van der Waals surface area contributed by atoms with E-state index < -0.39 is 5.54 Å². The molecule has 1 aromatic rings. The molecule has 0 saturated carbocycles. The van der Waals surface area contributed by atoms with Crippen molar-refractivity contribution in [2.75, 3.05) is 5.32 Å². The van der Waals surface area contributed by atoms with Gasteiger partial charge in [0.05, 0.1) is 16.8 Å². The first-order valence-corrected chi connectivity index (χ1v) is 4.96. The van der Waals surface area contributed by atoms with Gasteiger partial charge in [-0.3, -0.25) is 4.79 Å². The molecule has 84 valence electrons. The highest BCUT2D eigenvalue weighted by Crippen LogP contribution is 2.19. The van der Waals surface area contributed by atoms with E-state index in [0.717, 1.165) is 5.56 Å². The predicted molar refractivity (Wildman–Crippen MR) is 62.8 cm³/mol. The number of aryl methyl sites for hydroxylation is 1. The Labute approximate surface area is 95.1 Å². The van der Waals surface area contributed by atoms with E-state index in [9.17, 15) is 4.79 Å². The number of hydrogen-bond donors (Lipinski definition) is 2. The lowest BCUT2D eigenvalue weighted by atomic mass is 10.0. The Balaban J connectivity index is 3.04. The Kier molecular flexibility index (Phi) is 3.31. The Morgan fingerprint density at radius 1 is 1.50 bits per heavy atom. The zero-order valence-electron chi connectivity index (χ0n) is 9.66. The molecule has 0 atom stereocenters. The maximum atomic E-state index is 11.7. The molecule has 1 rings (SSSR count).